The van der Waals surface area contributed by atoms with E-state index in [1.165, 1.54) is 0 Å². The molecule has 0 aromatic heterocycles. The molecule has 21 heavy (non-hydrogen) atoms. The van der Waals surface area contributed by atoms with Crippen molar-refractivity contribution in [1.82, 2.24) is 4.90 Å². The number of nitrogens with zero attached hydrogens (tertiary/aromatic N) is 1. The number of esters is 1. The fraction of sp³-hybridized carbons (Fsp3) is 0.500. The maximum absolute atomic E-state index is 12.2. The van der Waals surface area contributed by atoms with Crippen LogP contribution in [-0.4, -0.2) is 40.0 Å². The summed E-state index contributed by atoms with van der Waals surface area (Å²) in [7, 11) is 0. The summed E-state index contributed by atoms with van der Waals surface area (Å²) in [4.78, 5) is 25.7. The third-order valence-electron chi connectivity index (χ3n) is 4.19. The van der Waals surface area contributed by atoms with Crippen molar-refractivity contribution < 1.29 is 14.3 Å². The first-order valence-corrected chi connectivity index (χ1v) is 8.25. The van der Waals surface area contributed by atoms with Crippen LogP contribution in [0.4, 0.5) is 0 Å². The summed E-state index contributed by atoms with van der Waals surface area (Å²) < 4.78 is 5.39. The summed E-state index contributed by atoms with van der Waals surface area (Å²) >= 11 is 1.69. The van der Waals surface area contributed by atoms with E-state index < -0.39 is 6.04 Å². The molecule has 0 N–H and O–H groups in total. The van der Waals surface area contributed by atoms with Crippen molar-refractivity contribution in [3.8, 4) is 0 Å². The Balaban J connectivity index is 1.55. The molecule has 0 aliphatic carbocycles. The molecule has 2 atom stereocenters. The molecule has 2 aliphatic rings. The molecule has 5 heteroatoms. The lowest BCUT2D eigenvalue weighted by Crippen LogP contribution is -2.46. The number of ether oxygens (including phenoxy) is 1. The van der Waals surface area contributed by atoms with Gasteiger partial charge in [-0.15, -0.1) is 11.8 Å². The first kappa shape index (κ1) is 14.4. The van der Waals surface area contributed by atoms with Crippen molar-refractivity contribution >= 4 is 23.6 Å². The Labute approximate surface area is 128 Å². The molecule has 2 saturated heterocycles. The number of amides is 1. The summed E-state index contributed by atoms with van der Waals surface area (Å²) in [5.41, 5.74) is 1.15. The Morgan fingerprint density at radius 3 is 2.95 bits per heavy atom. The van der Waals surface area contributed by atoms with Crippen LogP contribution in [-0.2, 0) is 20.7 Å². The monoisotopic (exact) mass is 305 g/mol. The van der Waals surface area contributed by atoms with E-state index in [9.17, 15) is 9.59 Å². The first-order chi connectivity index (χ1) is 10.1. The molecule has 4 nitrogen and oxygen atoms in total. The SMILES string of the molecule is CC12CCC(=O)N1C(C(=O)OCCc1ccccc1)CS2. The zero-order chi connectivity index (χ0) is 14.9. The average Bonchev–Trinajstić information content (AvgIpc) is 2.97. The van der Waals surface area contributed by atoms with E-state index in [4.69, 9.17) is 4.74 Å². The molecule has 0 saturated carbocycles. The smallest absolute Gasteiger partial charge is 0.329 e. The Bertz CT molecular complexity index is 548. The van der Waals surface area contributed by atoms with Gasteiger partial charge >= 0.3 is 5.97 Å². The Morgan fingerprint density at radius 1 is 1.43 bits per heavy atom. The van der Waals surface area contributed by atoms with Gasteiger partial charge in [0, 0.05) is 18.6 Å². The number of carbonyl (C=O) groups is 2. The molecule has 2 unspecified atom stereocenters. The third kappa shape index (κ3) is 2.79. The minimum atomic E-state index is -0.411. The molecule has 1 amide bonds. The fourth-order valence-corrected chi connectivity index (χ4v) is 4.42. The molecule has 0 radical (unpaired) electrons. The highest BCUT2D eigenvalue weighted by atomic mass is 32.2. The number of fused-ring (bicyclic) bond motifs is 1. The number of rotatable bonds is 4. The molecule has 2 fully saturated rings. The minimum absolute atomic E-state index is 0.0764. The van der Waals surface area contributed by atoms with E-state index in [0.717, 1.165) is 12.0 Å². The second-order valence-electron chi connectivity index (χ2n) is 5.67. The predicted molar refractivity (Wildman–Crippen MR) is 81.8 cm³/mol. The standard InChI is InChI=1S/C16H19NO3S/c1-16-9-7-14(18)17(16)13(11-21-16)15(19)20-10-8-12-5-3-2-4-6-12/h2-6,13H,7-11H2,1H3. The van der Waals surface area contributed by atoms with Crippen LogP contribution in [0.15, 0.2) is 30.3 Å². The van der Waals surface area contributed by atoms with Gasteiger partial charge in [-0.25, -0.2) is 4.79 Å². The predicted octanol–water partition coefficient (Wildman–Crippen LogP) is 2.23. The van der Waals surface area contributed by atoms with Crippen molar-refractivity contribution in [2.24, 2.45) is 0 Å². The highest BCUT2D eigenvalue weighted by Crippen LogP contribution is 2.47. The summed E-state index contributed by atoms with van der Waals surface area (Å²) in [6.45, 7) is 2.41. The molecule has 0 bridgehead atoms. The number of benzene rings is 1. The van der Waals surface area contributed by atoms with Gasteiger partial charge in [0.2, 0.25) is 5.91 Å². The van der Waals surface area contributed by atoms with Gasteiger partial charge in [0.1, 0.15) is 6.04 Å². The van der Waals surface area contributed by atoms with E-state index in [2.05, 4.69) is 0 Å². The molecular formula is C16H19NO3S. The largest absolute Gasteiger partial charge is 0.464 e. The second kappa shape index (κ2) is 5.72. The quantitative estimate of drug-likeness (QED) is 0.800. The Kier molecular flexibility index (Phi) is 3.93. The zero-order valence-corrected chi connectivity index (χ0v) is 12.9. The van der Waals surface area contributed by atoms with E-state index in [1.807, 2.05) is 37.3 Å². The summed E-state index contributed by atoms with van der Waals surface area (Å²) in [6.07, 6.45) is 2.07. The summed E-state index contributed by atoms with van der Waals surface area (Å²) in [5.74, 6) is 0.455. The van der Waals surface area contributed by atoms with Gasteiger partial charge in [0.25, 0.3) is 0 Å². The van der Waals surface area contributed by atoms with Crippen LogP contribution < -0.4 is 0 Å². The lowest BCUT2D eigenvalue weighted by Gasteiger charge is -2.29. The van der Waals surface area contributed by atoms with Crippen LogP contribution in [0.25, 0.3) is 0 Å². The lowest BCUT2D eigenvalue weighted by atomic mass is 10.2. The molecular weight excluding hydrogens is 286 g/mol. The van der Waals surface area contributed by atoms with Crippen molar-refractivity contribution in [2.75, 3.05) is 12.4 Å². The maximum Gasteiger partial charge on any atom is 0.329 e. The second-order valence-corrected chi connectivity index (χ2v) is 7.17. The van der Waals surface area contributed by atoms with Gasteiger partial charge in [0.05, 0.1) is 11.5 Å². The molecule has 2 heterocycles. The van der Waals surface area contributed by atoms with E-state index in [-0.39, 0.29) is 16.7 Å². The van der Waals surface area contributed by atoms with Crippen LogP contribution in [0.2, 0.25) is 0 Å². The number of thioether (sulfide) groups is 1. The molecule has 112 valence electrons. The van der Waals surface area contributed by atoms with E-state index in [1.54, 1.807) is 16.7 Å². The topological polar surface area (TPSA) is 46.6 Å². The van der Waals surface area contributed by atoms with Gasteiger partial charge in [-0.2, -0.15) is 0 Å². The van der Waals surface area contributed by atoms with Gasteiger partial charge in [-0.3, -0.25) is 4.79 Å². The molecule has 1 aromatic carbocycles. The van der Waals surface area contributed by atoms with Gasteiger partial charge < -0.3 is 9.64 Å². The first-order valence-electron chi connectivity index (χ1n) is 7.27. The maximum atomic E-state index is 12.2. The highest BCUT2D eigenvalue weighted by Gasteiger charge is 2.53. The Morgan fingerprint density at radius 2 is 2.19 bits per heavy atom. The van der Waals surface area contributed by atoms with Crippen molar-refractivity contribution in [3.05, 3.63) is 35.9 Å². The van der Waals surface area contributed by atoms with Crippen molar-refractivity contribution in [1.29, 1.82) is 0 Å². The number of carbonyl (C=O) groups excluding carboxylic acids is 2. The molecule has 0 spiro atoms. The van der Waals surface area contributed by atoms with E-state index in [0.29, 0.717) is 25.2 Å². The minimum Gasteiger partial charge on any atom is -0.464 e. The Hall–Kier alpha value is -1.49. The molecule has 3 rings (SSSR count). The van der Waals surface area contributed by atoms with Crippen molar-refractivity contribution in [2.45, 2.75) is 37.1 Å². The van der Waals surface area contributed by atoms with Crippen LogP contribution in [0.5, 0.6) is 0 Å². The third-order valence-corrected chi connectivity index (χ3v) is 5.70. The summed E-state index contributed by atoms with van der Waals surface area (Å²) in [6, 6.07) is 9.52. The summed E-state index contributed by atoms with van der Waals surface area (Å²) in [5, 5.41) is 0. The average molecular weight is 305 g/mol. The van der Waals surface area contributed by atoms with Crippen molar-refractivity contribution in [3.63, 3.8) is 0 Å². The van der Waals surface area contributed by atoms with E-state index >= 15 is 0 Å². The zero-order valence-electron chi connectivity index (χ0n) is 12.1. The lowest BCUT2D eigenvalue weighted by molar-refractivity contribution is -0.153. The van der Waals surface area contributed by atoms with Gasteiger partial charge in [-0.1, -0.05) is 30.3 Å². The number of hydrogen-bond acceptors (Lipinski definition) is 4. The van der Waals surface area contributed by atoms with Crippen LogP contribution >= 0.6 is 11.8 Å². The number of hydrogen-bond donors (Lipinski definition) is 0. The molecule has 1 aromatic rings. The highest BCUT2D eigenvalue weighted by molar-refractivity contribution is 8.01. The van der Waals surface area contributed by atoms with Crippen LogP contribution in [0, 0.1) is 0 Å². The van der Waals surface area contributed by atoms with Gasteiger partial charge in [0.15, 0.2) is 0 Å². The van der Waals surface area contributed by atoms with Gasteiger partial charge in [-0.05, 0) is 18.9 Å². The molecule has 2 aliphatic heterocycles. The normalized spacial score (nSPS) is 27.8. The van der Waals surface area contributed by atoms with Crippen LogP contribution in [0.3, 0.4) is 0 Å². The fourth-order valence-electron chi connectivity index (χ4n) is 3.01. The van der Waals surface area contributed by atoms with Crippen LogP contribution in [0.1, 0.15) is 25.3 Å².